The molecule has 4 aromatic rings. The number of halogens is 1. The fraction of sp³-hybridized carbons (Fsp3) is 0.100. The Balaban J connectivity index is 1.75. The van der Waals surface area contributed by atoms with E-state index in [9.17, 15) is 4.79 Å². The maximum Gasteiger partial charge on any atom is 0.255 e. The first-order chi connectivity index (χ1) is 12.2. The van der Waals surface area contributed by atoms with Gasteiger partial charge in [-0.3, -0.25) is 9.78 Å². The second kappa shape index (κ2) is 6.33. The number of rotatable bonds is 3. The summed E-state index contributed by atoms with van der Waals surface area (Å²) < 4.78 is 3.21. The van der Waals surface area contributed by atoms with Crippen LogP contribution < -0.4 is 5.32 Å². The standard InChI is InChI=1S/C20H16BrN3O/c1-2-24-18-8-7-15(11-16(18)17-12-22-10-9-19(17)24)23-20(25)13-3-5-14(21)6-4-13/h3-12H,2H2,1H3,(H,23,25). The number of pyridine rings is 1. The Morgan fingerprint density at radius 1 is 1.08 bits per heavy atom. The predicted octanol–water partition coefficient (Wildman–Crippen LogP) is 5.22. The molecule has 0 saturated carbocycles. The number of aromatic nitrogens is 2. The average molecular weight is 394 g/mol. The first-order valence-corrected chi connectivity index (χ1v) is 8.89. The summed E-state index contributed by atoms with van der Waals surface area (Å²) in [5, 5.41) is 5.17. The molecule has 0 unspecified atom stereocenters. The number of hydrogen-bond donors (Lipinski definition) is 1. The van der Waals surface area contributed by atoms with Gasteiger partial charge in [0.1, 0.15) is 0 Å². The molecule has 0 aliphatic carbocycles. The lowest BCUT2D eigenvalue weighted by atomic mass is 10.1. The molecule has 0 aliphatic rings. The SMILES string of the molecule is CCn1c2ccncc2c2cc(NC(=O)c3ccc(Br)cc3)ccc21. The van der Waals surface area contributed by atoms with E-state index in [4.69, 9.17) is 0 Å². The van der Waals surface area contributed by atoms with Crippen LogP contribution in [-0.2, 0) is 6.54 Å². The lowest BCUT2D eigenvalue weighted by Crippen LogP contribution is -2.11. The van der Waals surface area contributed by atoms with E-state index in [0.29, 0.717) is 5.56 Å². The Hall–Kier alpha value is -2.66. The zero-order valence-corrected chi connectivity index (χ0v) is 15.2. The molecule has 0 bridgehead atoms. The van der Waals surface area contributed by atoms with Crippen LogP contribution in [0, 0.1) is 0 Å². The maximum atomic E-state index is 12.4. The molecule has 124 valence electrons. The van der Waals surface area contributed by atoms with Crippen LogP contribution in [0.2, 0.25) is 0 Å². The van der Waals surface area contributed by atoms with Crippen LogP contribution in [0.1, 0.15) is 17.3 Å². The molecule has 4 nitrogen and oxygen atoms in total. The van der Waals surface area contributed by atoms with Crippen molar-refractivity contribution in [2.75, 3.05) is 5.32 Å². The smallest absolute Gasteiger partial charge is 0.255 e. The van der Waals surface area contributed by atoms with Crippen LogP contribution in [0.5, 0.6) is 0 Å². The molecule has 0 radical (unpaired) electrons. The number of anilines is 1. The second-order valence-corrected chi connectivity index (χ2v) is 6.75. The van der Waals surface area contributed by atoms with E-state index in [0.717, 1.165) is 38.5 Å². The third-order valence-electron chi connectivity index (χ3n) is 4.35. The zero-order valence-electron chi connectivity index (χ0n) is 13.7. The van der Waals surface area contributed by atoms with Crippen molar-refractivity contribution in [2.45, 2.75) is 13.5 Å². The molecule has 0 saturated heterocycles. The summed E-state index contributed by atoms with van der Waals surface area (Å²) in [4.78, 5) is 16.7. The van der Waals surface area contributed by atoms with E-state index < -0.39 is 0 Å². The minimum Gasteiger partial charge on any atom is -0.341 e. The number of carbonyl (C=O) groups excluding carboxylic acids is 1. The van der Waals surface area contributed by atoms with Crippen LogP contribution in [0.3, 0.4) is 0 Å². The lowest BCUT2D eigenvalue weighted by molar-refractivity contribution is 0.102. The van der Waals surface area contributed by atoms with Crippen molar-refractivity contribution in [3.8, 4) is 0 Å². The largest absolute Gasteiger partial charge is 0.341 e. The summed E-state index contributed by atoms with van der Waals surface area (Å²) in [5.74, 6) is -0.121. The number of aryl methyl sites for hydroxylation is 1. The number of hydrogen-bond acceptors (Lipinski definition) is 2. The number of fused-ring (bicyclic) bond motifs is 3. The van der Waals surface area contributed by atoms with Crippen LogP contribution >= 0.6 is 15.9 Å². The second-order valence-electron chi connectivity index (χ2n) is 5.83. The van der Waals surface area contributed by atoms with Gasteiger partial charge < -0.3 is 9.88 Å². The van der Waals surface area contributed by atoms with Gasteiger partial charge in [0.25, 0.3) is 5.91 Å². The molecular formula is C20H16BrN3O. The third kappa shape index (κ3) is 2.81. The number of nitrogens with one attached hydrogen (secondary N) is 1. The number of benzene rings is 2. The van der Waals surface area contributed by atoms with Gasteiger partial charge in [-0.05, 0) is 55.5 Å². The molecule has 1 N–H and O–H groups in total. The van der Waals surface area contributed by atoms with Crippen molar-refractivity contribution in [1.82, 2.24) is 9.55 Å². The molecule has 1 amide bonds. The van der Waals surface area contributed by atoms with Gasteiger partial charge in [-0.15, -0.1) is 0 Å². The van der Waals surface area contributed by atoms with Gasteiger partial charge in [0.2, 0.25) is 0 Å². The summed E-state index contributed by atoms with van der Waals surface area (Å²) in [6.07, 6.45) is 3.69. The van der Waals surface area contributed by atoms with Crippen molar-refractivity contribution >= 4 is 49.3 Å². The fourth-order valence-corrected chi connectivity index (χ4v) is 3.43. The predicted molar refractivity (Wildman–Crippen MR) is 105 cm³/mol. The molecule has 4 rings (SSSR count). The van der Waals surface area contributed by atoms with Crippen molar-refractivity contribution < 1.29 is 4.79 Å². The summed E-state index contributed by atoms with van der Waals surface area (Å²) in [5.41, 5.74) is 3.71. The van der Waals surface area contributed by atoms with Crippen molar-refractivity contribution in [3.63, 3.8) is 0 Å². The topological polar surface area (TPSA) is 46.9 Å². The Labute approximate surface area is 153 Å². The van der Waals surface area contributed by atoms with E-state index in [1.54, 1.807) is 12.1 Å². The average Bonchev–Trinajstić information content (AvgIpc) is 2.95. The highest BCUT2D eigenvalue weighted by atomic mass is 79.9. The van der Waals surface area contributed by atoms with Gasteiger partial charge in [0.15, 0.2) is 0 Å². The molecule has 0 atom stereocenters. The van der Waals surface area contributed by atoms with E-state index in [1.807, 2.05) is 42.7 Å². The van der Waals surface area contributed by atoms with Gasteiger partial charge in [-0.1, -0.05) is 15.9 Å². The normalized spacial score (nSPS) is 11.1. The molecule has 0 fully saturated rings. The van der Waals surface area contributed by atoms with E-state index >= 15 is 0 Å². The Bertz CT molecular complexity index is 1080. The molecule has 0 aliphatic heterocycles. The maximum absolute atomic E-state index is 12.4. The van der Waals surface area contributed by atoms with E-state index in [1.165, 1.54) is 0 Å². The van der Waals surface area contributed by atoms with Gasteiger partial charge in [0, 0.05) is 51.0 Å². The highest BCUT2D eigenvalue weighted by Gasteiger charge is 2.11. The molecule has 5 heteroatoms. The first-order valence-electron chi connectivity index (χ1n) is 8.10. The molecule has 2 aromatic carbocycles. The van der Waals surface area contributed by atoms with Gasteiger partial charge in [-0.2, -0.15) is 0 Å². The number of nitrogens with zero attached hydrogens (tertiary/aromatic N) is 2. The Morgan fingerprint density at radius 2 is 1.84 bits per heavy atom. The Morgan fingerprint density at radius 3 is 2.60 bits per heavy atom. The molecule has 2 aromatic heterocycles. The van der Waals surface area contributed by atoms with Crippen molar-refractivity contribution in [1.29, 1.82) is 0 Å². The van der Waals surface area contributed by atoms with Gasteiger partial charge in [-0.25, -0.2) is 0 Å². The molecule has 0 spiro atoms. The molecule has 2 heterocycles. The van der Waals surface area contributed by atoms with Crippen molar-refractivity contribution in [3.05, 3.63) is 71.0 Å². The Kier molecular flexibility index (Phi) is 4.01. The first kappa shape index (κ1) is 15.8. The number of carbonyl (C=O) groups is 1. The summed E-state index contributed by atoms with van der Waals surface area (Å²) in [6.45, 7) is 3.01. The van der Waals surface area contributed by atoms with Crippen LogP contribution in [0.15, 0.2) is 65.4 Å². The monoisotopic (exact) mass is 393 g/mol. The number of amides is 1. The fourth-order valence-electron chi connectivity index (χ4n) is 3.17. The summed E-state index contributed by atoms with van der Waals surface area (Å²) >= 11 is 3.38. The minimum atomic E-state index is -0.121. The van der Waals surface area contributed by atoms with Crippen LogP contribution in [-0.4, -0.2) is 15.5 Å². The van der Waals surface area contributed by atoms with Gasteiger partial charge in [0.05, 0.1) is 5.52 Å². The molecular weight excluding hydrogens is 378 g/mol. The van der Waals surface area contributed by atoms with Crippen molar-refractivity contribution in [2.24, 2.45) is 0 Å². The quantitative estimate of drug-likeness (QED) is 0.518. The summed E-state index contributed by atoms with van der Waals surface area (Å²) in [7, 11) is 0. The minimum absolute atomic E-state index is 0.121. The third-order valence-corrected chi connectivity index (χ3v) is 4.88. The molecule has 25 heavy (non-hydrogen) atoms. The highest BCUT2D eigenvalue weighted by molar-refractivity contribution is 9.10. The lowest BCUT2D eigenvalue weighted by Gasteiger charge is -2.07. The highest BCUT2D eigenvalue weighted by Crippen LogP contribution is 2.30. The van der Waals surface area contributed by atoms with E-state index in [2.05, 4.69) is 43.8 Å². The van der Waals surface area contributed by atoms with Gasteiger partial charge >= 0.3 is 0 Å². The zero-order chi connectivity index (χ0) is 17.4. The summed E-state index contributed by atoms with van der Waals surface area (Å²) in [6, 6.07) is 15.3. The van der Waals surface area contributed by atoms with Crippen LogP contribution in [0.25, 0.3) is 21.8 Å². The van der Waals surface area contributed by atoms with E-state index in [-0.39, 0.29) is 5.91 Å². The van der Waals surface area contributed by atoms with Crippen LogP contribution in [0.4, 0.5) is 5.69 Å².